The van der Waals surface area contributed by atoms with Gasteiger partial charge in [-0.1, -0.05) is 17.8 Å². The summed E-state index contributed by atoms with van der Waals surface area (Å²) in [5.74, 6) is 0.845. The van der Waals surface area contributed by atoms with Gasteiger partial charge in [-0.05, 0) is 13.8 Å². The molecule has 0 aliphatic rings. The molecule has 1 atom stereocenters. The fourth-order valence-corrected chi connectivity index (χ4v) is 1.76. The van der Waals surface area contributed by atoms with E-state index in [0.717, 1.165) is 11.0 Å². The van der Waals surface area contributed by atoms with Gasteiger partial charge in [0, 0.05) is 6.54 Å². The number of thioether (sulfide) groups is 1. The van der Waals surface area contributed by atoms with Gasteiger partial charge in [-0.15, -0.1) is 16.8 Å². The Kier molecular flexibility index (Phi) is 3.72. The van der Waals surface area contributed by atoms with Crippen LogP contribution >= 0.6 is 11.8 Å². The lowest BCUT2D eigenvalue weighted by molar-refractivity contribution is 0.703. The van der Waals surface area contributed by atoms with Gasteiger partial charge in [-0.2, -0.15) is 5.26 Å². The fraction of sp³-hybridized carbons (Fsp3) is 0.444. The average Bonchev–Trinajstić information content (AvgIpc) is 2.50. The van der Waals surface area contributed by atoms with Gasteiger partial charge in [0.05, 0.1) is 11.3 Å². The molecule has 0 N–H and O–H groups in total. The third-order valence-electron chi connectivity index (χ3n) is 1.68. The molecule has 74 valence electrons. The van der Waals surface area contributed by atoms with Crippen LogP contribution < -0.4 is 0 Å². The molecule has 0 aliphatic heterocycles. The fourth-order valence-electron chi connectivity index (χ4n) is 0.972. The average molecular weight is 208 g/mol. The van der Waals surface area contributed by atoms with Crippen molar-refractivity contribution in [2.75, 3.05) is 0 Å². The maximum Gasteiger partial charge on any atom is 0.192 e. The van der Waals surface area contributed by atoms with E-state index in [-0.39, 0.29) is 5.25 Å². The van der Waals surface area contributed by atoms with E-state index in [0.29, 0.717) is 6.54 Å². The van der Waals surface area contributed by atoms with Crippen molar-refractivity contribution >= 4 is 11.8 Å². The third-order valence-corrected chi connectivity index (χ3v) is 2.65. The SMILES string of the molecule is C=CCn1c(C)nnc1S[C@@H](C)C#N. The first-order valence-corrected chi connectivity index (χ1v) is 5.14. The summed E-state index contributed by atoms with van der Waals surface area (Å²) < 4.78 is 1.94. The summed E-state index contributed by atoms with van der Waals surface area (Å²) in [6, 6.07) is 2.15. The van der Waals surface area contributed by atoms with E-state index in [4.69, 9.17) is 5.26 Å². The molecule has 0 fully saturated rings. The predicted molar refractivity (Wildman–Crippen MR) is 55.9 cm³/mol. The Morgan fingerprint density at radius 3 is 3.00 bits per heavy atom. The Hall–Kier alpha value is -1.28. The van der Waals surface area contributed by atoms with E-state index in [1.165, 1.54) is 11.8 Å². The Morgan fingerprint density at radius 2 is 2.43 bits per heavy atom. The number of rotatable bonds is 4. The van der Waals surface area contributed by atoms with Gasteiger partial charge in [0.1, 0.15) is 5.82 Å². The van der Waals surface area contributed by atoms with Crippen LogP contribution in [0.3, 0.4) is 0 Å². The summed E-state index contributed by atoms with van der Waals surface area (Å²) in [5.41, 5.74) is 0. The predicted octanol–water partition coefficient (Wildman–Crippen LogP) is 1.78. The molecule has 0 radical (unpaired) electrons. The molecule has 0 aromatic carbocycles. The summed E-state index contributed by atoms with van der Waals surface area (Å²) in [5, 5.41) is 17.3. The second-order valence-electron chi connectivity index (χ2n) is 2.82. The largest absolute Gasteiger partial charge is 0.302 e. The Bertz CT molecular complexity index is 363. The molecule has 0 bridgehead atoms. The molecule has 5 heteroatoms. The van der Waals surface area contributed by atoms with E-state index in [2.05, 4.69) is 22.8 Å². The number of nitrogens with zero attached hydrogens (tertiary/aromatic N) is 4. The highest BCUT2D eigenvalue weighted by atomic mass is 32.2. The smallest absolute Gasteiger partial charge is 0.192 e. The molecule has 0 amide bonds. The van der Waals surface area contributed by atoms with E-state index < -0.39 is 0 Å². The minimum absolute atomic E-state index is 0.109. The van der Waals surface area contributed by atoms with Crippen LogP contribution in [0.15, 0.2) is 17.8 Å². The van der Waals surface area contributed by atoms with E-state index in [1.54, 1.807) is 6.08 Å². The summed E-state index contributed by atoms with van der Waals surface area (Å²) in [7, 11) is 0. The number of hydrogen-bond acceptors (Lipinski definition) is 4. The van der Waals surface area contributed by atoms with Gasteiger partial charge in [0.25, 0.3) is 0 Å². The molecule has 1 aromatic heterocycles. The number of allylic oxidation sites excluding steroid dienone is 1. The monoisotopic (exact) mass is 208 g/mol. The second kappa shape index (κ2) is 4.82. The quantitative estimate of drug-likeness (QED) is 0.559. The molecule has 0 saturated carbocycles. The lowest BCUT2D eigenvalue weighted by Crippen LogP contribution is -2.02. The molecule has 0 spiro atoms. The van der Waals surface area contributed by atoms with E-state index in [1.807, 2.05) is 18.4 Å². The molecule has 0 unspecified atom stereocenters. The minimum Gasteiger partial charge on any atom is -0.302 e. The topological polar surface area (TPSA) is 54.5 Å². The molecule has 14 heavy (non-hydrogen) atoms. The number of aryl methyl sites for hydroxylation is 1. The van der Waals surface area contributed by atoms with Gasteiger partial charge in [0.15, 0.2) is 5.16 Å². The van der Waals surface area contributed by atoms with Gasteiger partial charge in [-0.3, -0.25) is 0 Å². The van der Waals surface area contributed by atoms with Crippen LogP contribution in [0.25, 0.3) is 0 Å². The van der Waals surface area contributed by atoms with Crippen molar-refractivity contribution in [1.29, 1.82) is 5.26 Å². The first-order valence-electron chi connectivity index (χ1n) is 4.26. The lowest BCUT2D eigenvalue weighted by Gasteiger charge is -2.05. The van der Waals surface area contributed by atoms with Crippen LogP contribution in [0.1, 0.15) is 12.7 Å². The summed E-state index contributed by atoms with van der Waals surface area (Å²) in [6.45, 7) is 8.07. The molecule has 1 heterocycles. The van der Waals surface area contributed by atoms with Crippen molar-refractivity contribution < 1.29 is 0 Å². The van der Waals surface area contributed by atoms with Crippen LogP contribution in [0.4, 0.5) is 0 Å². The molecule has 1 aromatic rings. The highest BCUT2D eigenvalue weighted by molar-refractivity contribution is 8.00. The lowest BCUT2D eigenvalue weighted by atomic mass is 10.5. The summed E-state index contributed by atoms with van der Waals surface area (Å²) >= 11 is 1.41. The molecule has 0 aliphatic carbocycles. The zero-order valence-electron chi connectivity index (χ0n) is 8.27. The van der Waals surface area contributed by atoms with Crippen LogP contribution in [0.5, 0.6) is 0 Å². The van der Waals surface area contributed by atoms with Crippen molar-refractivity contribution in [3.8, 4) is 6.07 Å². The van der Waals surface area contributed by atoms with Gasteiger partial charge in [0.2, 0.25) is 0 Å². The summed E-state index contributed by atoms with van der Waals surface area (Å²) in [6.07, 6.45) is 1.79. The Morgan fingerprint density at radius 1 is 1.71 bits per heavy atom. The zero-order valence-corrected chi connectivity index (χ0v) is 9.08. The van der Waals surface area contributed by atoms with Crippen LogP contribution in [-0.4, -0.2) is 20.0 Å². The van der Waals surface area contributed by atoms with Crippen molar-refractivity contribution in [2.24, 2.45) is 0 Å². The van der Waals surface area contributed by atoms with Crippen molar-refractivity contribution in [1.82, 2.24) is 14.8 Å². The minimum atomic E-state index is -0.109. The number of hydrogen-bond donors (Lipinski definition) is 0. The highest BCUT2D eigenvalue weighted by Gasteiger charge is 2.11. The van der Waals surface area contributed by atoms with Crippen LogP contribution in [0.2, 0.25) is 0 Å². The Balaban J connectivity index is 2.86. The third kappa shape index (κ3) is 2.36. The zero-order chi connectivity index (χ0) is 10.6. The molecule has 1 rings (SSSR count). The first kappa shape index (κ1) is 10.8. The van der Waals surface area contributed by atoms with E-state index in [9.17, 15) is 0 Å². The summed E-state index contributed by atoms with van der Waals surface area (Å²) in [4.78, 5) is 0. The van der Waals surface area contributed by atoms with Crippen molar-refractivity contribution in [2.45, 2.75) is 30.8 Å². The molecular formula is C9H12N4S. The van der Waals surface area contributed by atoms with Crippen molar-refractivity contribution in [3.63, 3.8) is 0 Å². The van der Waals surface area contributed by atoms with Crippen LogP contribution in [-0.2, 0) is 6.54 Å². The van der Waals surface area contributed by atoms with Gasteiger partial charge in [-0.25, -0.2) is 0 Å². The van der Waals surface area contributed by atoms with Crippen LogP contribution in [0, 0.1) is 18.3 Å². The maximum atomic E-state index is 8.68. The second-order valence-corrected chi connectivity index (χ2v) is 4.13. The van der Waals surface area contributed by atoms with Gasteiger partial charge >= 0.3 is 0 Å². The van der Waals surface area contributed by atoms with Gasteiger partial charge < -0.3 is 4.57 Å². The number of nitriles is 1. The molecular weight excluding hydrogens is 196 g/mol. The molecule has 0 saturated heterocycles. The first-order chi connectivity index (χ1) is 6.69. The van der Waals surface area contributed by atoms with Crippen molar-refractivity contribution in [3.05, 3.63) is 18.5 Å². The highest BCUT2D eigenvalue weighted by Crippen LogP contribution is 2.21. The maximum absolute atomic E-state index is 8.68. The molecule has 4 nitrogen and oxygen atoms in total. The Labute approximate surface area is 87.6 Å². The number of aromatic nitrogens is 3. The standard InChI is InChI=1S/C9H12N4S/c1-4-5-13-8(3)11-12-9(13)14-7(2)6-10/h4,7H,1,5H2,2-3H3/t7-/m0/s1. The normalized spacial score (nSPS) is 12.1. The van der Waals surface area contributed by atoms with E-state index >= 15 is 0 Å².